The summed E-state index contributed by atoms with van der Waals surface area (Å²) in [6.45, 7) is 0.293. The summed E-state index contributed by atoms with van der Waals surface area (Å²) in [5, 5.41) is 1.32. The van der Waals surface area contributed by atoms with Crippen molar-refractivity contribution in [1.82, 2.24) is 4.90 Å². The topological polar surface area (TPSA) is 75.7 Å². The molecule has 0 saturated heterocycles. The number of anilines is 1. The average Bonchev–Trinajstić information content (AvgIpc) is 2.87. The first-order chi connectivity index (χ1) is 17.6. The number of sulfonamides is 1. The zero-order valence-corrected chi connectivity index (χ0v) is 22.6. The smallest absolute Gasteiger partial charge is 0.261 e. The predicted octanol–water partition coefficient (Wildman–Crippen LogP) is 7.51. The molecular weight excluding hydrogens is 555 g/mol. The third-order valence-corrected chi connectivity index (χ3v) is 7.52. The van der Waals surface area contributed by atoms with Crippen molar-refractivity contribution in [2.24, 2.45) is 0 Å². The largest absolute Gasteiger partial charge is 0.456 e. The number of carbonyl (C=O) groups excluding carboxylic acids is 1. The Morgan fingerprint density at radius 2 is 1.51 bits per heavy atom. The first-order valence-electron chi connectivity index (χ1n) is 11.0. The van der Waals surface area contributed by atoms with Crippen molar-refractivity contribution in [3.05, 3.63) is 117 Å². The molecule has 0 atom stereocenters. The van der Waals surface area contributed by atoms with Gasteiger partial charge in [0, 0.05) is 23.6 Å². The monoisotopic (exact) mass is 574 g/mol. The molecule has 0 fully saturated rings. The van der Waals surface area contributed by atoms with Gasteiger partial charge in [0.2, 0.25) is 0 Å². The number of nitrogens with zero attached hydrogens (tertiary/aromatic N) is 1. The molecule has 1 N–H and O–H groups in total. The quantitative estimate of drug-likeness (QED) is 0.236. The Kier molecular flexibility index (Phi) is 8.29. The summed E-state index contributed by atoms with van der Waals surface area (Å²) in [5.74, 6) is 0.460. The van der Waals surface area contributed by atoms with Gasteiger partial charge < -0.3 is 9.64 Å². The van der Waals surface area contributed by atoms with Crippen LogP contribution in [-0.2, 0) is 16.6 Å². The highest BCUT2D eigenvalue weighted by Crippen LogP contribution is 2.30. The van der Waals surface area contributed by atoms with Crippen molar-refractivity contribution in [3.63, 3.8) is 0 Å². The second-order valence-electron chi connectivity index (χ2n) is 8.09. The highest BCUT2D eigenvalue weighted by molar-refractivity contribution is 7.92. The Labute approximate surface area is 230 Å². The van der Waals surface area contributed by atoms with Crippen LogP contribution in [0.4, 0.5) is 5.69 Å². The highest BCUT2D eigenvalue weighted by Gasteiger charge is 2.22. The van der Waals surface area contributed by atoms with Crippen molar-refractivity contribution in [1.29, 1.82) is 0 Å². The normalized spacial score (nSPS) is 11.1. The van der Waals surface area contributed by atoms with Crippen molar-refractivity contribution >= 4 is 56.4 Å². The Bertz CT molecular complexity index is 1530. The molecule has 0 unspecified atom stereocenters. The van der Waals surface area contributed by atoms with Gasteiger partial charge in [-0.3, -0.25) is 9.52 Å². The number of hydrogen-bond acceptors (Lipinski definition) is 4. The van der Waals surface area contributed by atoms with Crippen LogP contribution in [0.1, 0.15) is 15.9 Å². The third kappa shape index (κ3) is 6.76. The fraction of sp³-hybridized carbons (Fsp3) is 0.0741. The molecule has 0 aliphatic rings. The van der Waals surface area contributed by atoms with Gasteiger partial charge >= 0.3 is 0 Å². The van der Waals surface area contributed by atoms with E-state index in [1.165, 1.54) is 47.4 Å². The average molecular weight is 576 g/mol. The molecule has 0 spiro atoms. The molecule has 0 heterocycles. The van der Waals surface area contributed by atoms with Gasteiger partial charge in [-0.1, -0.05) is 59.1 Å². The maximum atomic E-state index is 13.2. The van der Waals surface area contributed by atoms with E-state index in [4.69, 9.17) is 39.5 Å². The van der Waals surface area contributed by atoms with Crippen molar-refractivity contribution in [2.75, 3.05) is 11.8 Å². The van der Waals surface area contributed by atoms with E-state index in [9.17, 15) is 13.2 Å². The summed E-state index contributed by atoms with van der Waals surface area (Å²) in [6, 6.07) is 24.3. The van der Waals surface area contributed by atoms with Gasteiger partial charge in [-0.25, -0.2) is 8.42 Å². The van der Waals surface area contributed by atoms with E-state index in [0.717, 1.165) is 5.56 Å². The molecular formula is C27H21Cl3N2O4S. The lowest BCUT2D eigenvalue weighted by atomic mass is 10.1. The van der Waals surface area contributed by atoms with E-state index in [1.807, 2.05) is 12.1 Å². The second kappa shape index (κ2) is 11.4. The Balaban J connectivity index is 1.53. The first-order valence-corrected chi connectivity index (χ1v) is 13.6. The molecule has 10 heteroatoms. The number of benzene rings is 4. The SMILES string of the molecule is CN(Cc1ccc(Cl)cc1)C(=O)c1cc(Cl)ccc1NS(=O)(=O)c1ccc(Oc2ccccc2Cl)cc1. The van der Waals surface area contributed by atoms with Crippen LogP contribution in [0.15, 0.2) is 95.9 Å². The lowest BCUT2D eigenvalue weighted by Gasteiger charge is -2.20. The van der Waals surface area contributed by atoms with Crippen molar-refractivity contribution in [3.8, 4) is 11.5 Å². The van der Waals surface area contributed by atoms with E-state index in [1.54, 1.807) is 43.4 Å². The zero-order chi connectivity index (χ0) is 26.6. The van der Waals surface area contributed by atoms with Crippen molar-refractivity contribution in [2.45, 2.75) is 11.4 Å². The number of para-hydroxylation sites is 1. The number of hydrogen-bond donors (Lipinski definition) is 1. The number of amides is 1. The van der Waals surface area contributed by atoms with Crippen molar-refractivity contribution < 1.29 is 17.9 Å². The van der Waals surface area contributed by atoms with Crippen LogP contribution in [-0.4, -0.2) is 26.3 Å². The third-order valence-electron chi connectivity index (χ3n) is 5.33. The van der Waals surface area contributed by atoms with E-state index >= 15 is 0 Å². The molecule has 4 aromatic rings. The van der Waals surface area contributed by atoms with Crippen LogP contribution in [0.3, 0.4) is 0 Å². The van der Waals surface area contributed by atoms with Crippen LogP contribution < -0.4 is 9.46 Å². The highest BCUT2D eigenvalue weighted by atomic mass is 35.5. The molecule has 190 valence electrons. The van der Waals surface area contributed by atoms with Gasteiger partial charge in [-0.05, 0) is 72.3 Å². The summed E-state index contributed by atoms with van der Waals surface area (Å²) < 4.78 is 34.5. The number of halogens is 3. The maximum absolute atomic E-state index is 13.2. The van der Waals surface area contributed by atoms with Crippen LogP contribution in [0.2, 0.25) is 15.1 Å². The Hall–Kier alpha value is -3.23. The summed E-state index contributed by atoms with van der Waals surface area (Å²) in [6.07, 6.45) is 0. The van der Waals surface area contributed by atoms with Crippen LogP contribution >= 0.6 is 34.8 Å². The summed E-state index contributed by atoms with van der Waals surface area (Å²) >= 11 is 18.2. The Morgan fingerprint density at radius 3 is 2.19 bits per heavy atom. The molecule has 37 heavy (non-hydrogen) atoms. The second-order valence-corrected chi connectivity index (χ2v) is 11.0. The molecule has 0 bridgehead atoms. The fourth-order valence-electron chi connectivity index (χ4n) is 3.47. The van der Waals surface area contributed by atoms with Gasteiger partial charge in [0.1, 0.15) is 11.5 Å². The minimum Gasteiger partial charge on any atom is -0.456 e. The maximum Gasteiger partial charge on any atom is 0.261 e. The summed E-state index contributed by atoms with van der Waals surface area (Å²) in [7, 11) is -2.41. The van der Waals surface area contributed by atoms with E-state index in [-0.39, 0.29) is 16.1 Å². The molecule has 0 aromatic heterocycles. The molecule has 0 aliphatic heterocycles. The fourth-order valence-corrected chi connectivity index (χ4v) is 5.02. The molecule has 6 nitrogen and oxygen atoms in total. The minimum atomic E-state index is -4.03. The first kappa shape index (κ1) is 26.8. The lowest BCUT2D eigenvalue weighted by Crippen LogP contribution is -2.27. The molecule has 0 radical (unpaired) electrons. The number of nitrogens with one attached hydrogen (secondary N) is 1. The standard InChI is InChI=1S/C27H21Cl3N2O4S/c1-32(17-18-6-8-19(28)9-7-18)27(33)23-16-20(29)10-15-25(23)31-37(34,35)22-13-11-21(12-14-22)36-26-5-3-2-4-24(26)30/h2-16,31H,17H2,1H3. The summed E-state index contributed by atoms with van der Waals surface area (Å²) in [4.78, 5) is 14.7. The zero-order valence-electron chi connectivity index (χ0n) is 19.5. The number of ether oxygens (including phenoxy) is 1. The lowest BCUT2D eigenvalue weighted by molar-refractivity contribution is 0.0786. The van der Waals surface area contributed by atoms with E-state index in [0.29, 0.717) is 33.1 Å². The molecule has 4 rings (SSSR count). The molecule has 1 amide bonds. The Morgan fingerprint density at radius 1 is 0.865 bits per heavy atom. The van der Waals surface area contributed by atoms with Gasteiger partial charge in [0.15, 0.2) is 0 Å². The number of carbonyl (C=O) groups is 1. The summed E-state index contributed by atoms with van der Waals surface area (Å²) in [5.41, 5.74) is 1.09. The van der Waals surface area contributed by atoms with Gasteiger partial charge in [-0.15, -0.1) is 0 Å². The van der Waals surface area contributed by atoms with Gasteiger partial charge in [0.05, 0.1) is 21.2 Å². The molecule has 0 aliphatic carbocycles. The molecule has 0 saturated carbocycles. The van der Waals surface area contributed by atoms with E-state index in [2.05, 4.69) is 4.72 Å². The number of rotatable bonds is 8. The predicted molar refractivity (Wildman–Crippen MR) is 147 cm³/mol. The van der Waals surface area contributed by atoms with E-state index < -0.39 is 15.9 Å². The van der Waals surface area contributed by atoms with Crippen LogP contribution in [0, 0.1) is 0 Å². The van der Waals surface area contributed by atoms with Crippen LogP contribution in [0.5, 0.6) is 11.5 Å². The minimum absolute atomic E-state index is 0.0122. The van der Waals surface area contributed by atoms with Gasteiger partial charge in [-0.2, -0.15) is 0 Å². The van der Waals surface area contributed by atoms with Gasteiger partial charge in [0.25, 0.3) is 15.9 Å². The molecule has 4 aromatic carbocycles. The van der Waals surface area contributed by atoms with Crippen LogP contribution in [0.25, 0.3) is 0 Å².